The summed E-state index contributed by atoms with van der Waals surface area (Å²) in [5.41, 5.74) is 4.29. The van der Waals surface area contributed by atoms with Gasteiger partial charge in [0.15, 0.2) is 5.58 Å². The van der Waals surface area contributed by atoms with Crippen molar-refractivity contribution in [3.63, 3.8) is 0 Å². The first-order valence-corrected chi connectivity index (χ1v) is 11.6. The fourth-order valence-corrected chi connectivity index (χ4v) is 4.71. The molecule has 0 bridgehead atoms. The molecule has 5 rings (SSSR count). The van der Waals surface area contributed by atoms with E-state index in [-0.39, 0.29) is 17.8 Å². The lowest BCUT2D eigenvalue weighted by molar-refractivity contribution is 0.0540. The van der Waals surface area contributed by atoms with Crippen molar-refractivity contribution in [2.45, 2.75) is 32.7 Å². The van der Waals surface area contributed by atoms with Gasteiger partial charge in [0.25, 0.3) is 11.9 Å². The number of anilines is 1. The maximum absolute atomic E-state index is 13.9. The van der Waals surface area contributed by atoms with Crippen LogP contribution in [0.2, 0.25) is 0 Å². The maximum atomic E-state index is 13.9. The van der Waals surface area contributed by atoms with Crippen LogP contribution in [0.25, 0.3) is 22.4 Å². The minimum Gasteiger partial charge on any atom is -0.423 e. The van der Waals surface area contributed by atoms with Crippen LogP contribution < -0.4 is 5.32 Å². The number of oxazole rings is 1. The number of rotatable bonds is 5. The summed E-state index contributed by atoms with van der Waals surface area (Å²) in [4.78, 5) is 24.7. The Labute approximate surface area is 197 Å². The van der Waals surface area contributed by atoms with Gasteiger partial charge in [-0.05, 0) is 56.0 Å². The number of aromatic nitrogens is 2. The average molecular weight is 459 g/mol. The fraction of sp³-hybridized carbons (Fsp3) is 0.296. The number of halogens is 1. The number of carbonyl (C=O) groups is 1. The van der Waals surface area contributed by atoms with Crippen molar-refractivity contribution in [2.24, 2.45) is 5.92 Å². The number of carbonyl (C=O) groups excluding carboxylic acids is 1. The summed E-state index contributed by atoms with van der Waals surface area (Å²) in [6.45, 7) is 5.34. The number of nitrogens with zero attached hydrogens (tertiary/aromatic N) is 3. The molecule has 1 fully saturated rings. The normalized spacial score (nSPS) is 18.3. The van der Waals surface area contributed by atoms with Gasteiger partial charge in [0, 0.05) is 36.5 Å². The van der Waals surface area contributed by atoms with Gasteiger partial charge in [-0.3, -0.25) is 9.78 Å². The third-order valence-electron chi connectivity index (χ3n) is 6.54. The molecule has 6 nitrogen and oxygen atoms in total. The highest BCUT2D eigenvalue weighted by atomic mass is 19.1. The number of aryl methyl sites for hydroxylation is 1. The van der Waals surface area contributed by atoms with E-state index < -0.39 is 0 Å². The van der Waals surface area contributed by atoms with Crippen molar-refractivity contribution >= 4 is 23.0 Å². The predicted molar refractivity (Wildman–Crippen MR) is 130 cm³/mol. The van der Waals surface area contributed by atoms with Gasteiger partial charge in [-0.25, -0.2) is 4.39 Å². The van der Waals surface area contributed by atoms with Gasteiger partial charge in [-0.15, -0.1) is 0 Å². The van der Waals surface area contributed by atoms with Crippen LogP contribution in [0.4, 0.5) is 10.4 Å². The molecule has 1 N–H and O–H groups in total. The van der Waals surface area contributed by atoms with Crippen molar-refractivity contribution in [1.29, 1.82) is 0 Å². The van der Waals surface area contributed by atoms with Gasteiger partial charge in [0.05, 0.1) is 11.7 Å². The fourth-order valence-electron chi connectivity index (χ4n) is 4.71. The number of likely N-dealkylation sites (tertiary alicyclic amines) is 1. The first kappa shape index (κ1) is 22.1. The predicted octanol–water partition coefficient (Wildman–Crippen LogP) is 5.69. The molecule has 2 aromatic heterocycles. The van der Waals surface area contributed by atoms with E-state index >= 15 is 0 Å². The molecule has 1 aliphatic rings. The number of hydrogen-bond donors (Lipinski definition) is 1. The Balaban J connectivity index is 1.41. The molecule has 2 aromatic carbocycles. The molecule has 1 aliphatic heterocycles. The second-order valence-electron chi connectivity index (χ2n) is 8.96. The van der Waals surface area contributed by atoms with E-state index in [4.69, 9.17) is 4.42 Å². The van der Waals surface area contributed by atoms with Crippen LogP contribution in [-0.4, -0.2) is 39.9 Å². The van der Waals surface area contributed by atoms with E-state index in [1.54, 1.807) is 12.3 Å². The molecule has 174 valence electrons. The number of piperidine rings is 1. The highest BCUT2D eigenvalue weighted by Gasteiger charge is 2.33. The molecular formula is C27H27FN4O2. The maximum Gasteiger partial charge on any atom is 0.295 e. The highest BCUT2D eigenvalue weighted by molar-refractivity contribution is 6.01. The molecule has 1 amide bonds. The number of amides is 1. The topological polar surface area (TPSA) is 71.3 Å². The molecule has 34 heavy (non-hydrogen) atoms. The van der Waals surface area contributed by atoms with Gasteiger partial charge in [-0.2, -0.15) is 4.98 Å². The Morgan fingerprint density at radius 3 is 2.91 bits per heavy atom. The van der Waals surface area contributed by atoms with Gasteiger partial charge in [0.2, 0.25) is 0 Å². The third kappa shape index (κ3) is 4.38. The van der Waals surface area contributed by atoms with Gasteiger partial charge in [0.1, 0.15) is 11.3 Å². The van der Waals surface area contributed by atoms with Crippen molar-refractivity contribution in [3.05, 3.63) is 77.7 Å². The van der Waals surface area contributed by atoms with Crippen LogP contribution in [-0.2, 0) is 0 Å². The van der Waals surface area contributed by atoms with E-state index in [0.717, 1.165) is 29.7 Å². The van der Waals surface area contributed by atoms with Crippen molar-refractivity contribution < 1.29 is 13.6 Å². The lowest BCUT2D eigenvalue weighted by Crippen LogP contribution is -2.51. The quantitative estimate of drug-likeness (QED) is 0.416. The Bertz CT molecular complexity index is 1320. The number of fused-ring (bicyclic) bond motifs is 1. The summed E-state index contributed by atoms with van der Waals surface area (Å²) in [5, 5.41) is 3.24. The summed E-state index contributed by atoms with van der Waals surface area (Å²) >= 11 is 0. The van der Waals surface area contributed by atoms with Gasteiger partial charge >= 0.3 is 0 Å². The standard InChI is InChI=1S/C27H27FN4O2/c1-17-8-10-20(22-7-3-4-12-29-22)21(14-17)26(33)32-13-5-6-18(2)24(32)16-30-27-31-23-11-9-19(28)15-25(23)34-27/h3-4,7-12,14-15,18,24H,5-6,13,16H2,1-2H3,(H,30,31)/t18-,24-/m1/s1. The zero-order valence-corrected chi connectivity index (χ0v) is 19.3. The molecule has 0 saturated carbocycles. The smallest absolute Gasteiger partial charge is 0.295 e. The lowest BCUT2D eigenvalue weighted by Gasteiger charge is -2.40. The number of benzene rings is 2. The molecule has 7 heteroatoms. The highest BCUT2D eigenvalue weighted by Crippen LogP contribution is 2.30. The second-order valence-corrected chi connectivity index (χ2v) is 8.96. The summed E-state index contributed by atoms with van der Waals surface area (Å²) in [5.74, 6) is -0.0628. The lowest BCUT2D eigenvalue weighted by atomic mass is 9.89. The molecule has 1 saturated heterocycles. The molecule has 3 heterocycles. The summed E-state index contributed by atoms with van der Waals surface area (Å²) in [6, 6.07) is 16.2. The van der Waals surface area contributed by atoms with Crippen LogP contribution in [0.5, 0.6) is 0 Å². The largest absolute Gasteiger partial charge is 0.423 e. The van der Waals surface area contributed by atoms with Crippen molar-refractivity contribution in [1.82, 2.24) is 14.9 Å². The summed E-state index contributed by atoms with van der Waals surface area (Å²) in [7, 11) is 0. The van der Waals surface area contributed by atoms with Crippen LogP contribution in [0.3, 0.4) is 0 Å². The number of pyridine rings is 1. The average Bonchev–Trinajstić information content (AvgIpc) is 3.25. The van der Waals surface area contributed by atoms with E-state index in [1.807, 2.05) is 48.2 Å². The SMILES string of the molecule is Cc1ccc(-c2ccccn2)c(C(=O)N2CCC[C@@H](C)[C@H]2CNc2nc3ccc(F)cc3o2)c1. The number of nitrogens with one attached hydrogen (secondary N) is 1. The minimum absolute atomic E-state index is 0.00217. The summed E-state index contributed by atoms with van der Waals surface area (Å²) in [6.07, 6.45) is 3.73. The molecule has 0 spiro atoms. The first-order chi connectivity index (χ1) is 16.5. The monoisotopic (exact) mass is 458 g/mol. The van der Waals surface area contributed by atoms with Crippen LogP contribution >= 0.6 is 0 Å². The Kier molecular flexibility index (Phi) is 6.01. The van der Waals surface area contributed by atoms with E-state index in [1.165, 1.54) is 12.1 Å². The zero-order valence-electron chi connectivity index (χ0n) is 19.3. The van der Waals surface area contributed by atoms with Crippen LogP contribution in [0, 0.1) is 18.7 Å². The van der Waals surface area contributed by atoms with E-state index in [0.29, 0.717) is 41.7 Å². The zero-order chi connectivity index (χ0) is 23.7. The van der Waals surface area contributed by atoms with Crippen LogP contribution in [0.1, 0.15) is 35.7 Å². The molecule has 0 aliphatic carbocycles. The first-order valence-electron chi connectivity index (χ1n) is 11.6. The Hall–Kier alpha value is -3.74. The number of hydrogen-bond acceptors (Lipinski definition) is 5. The second kappa shape index (κ2) is 9.25. The van der Waals surface area contributed by atoms with Gasteiger partial charge < -0.3 is 14.6 Å². The minimum atomic E-state index is -0.366. The molecule has 0 unspecified atom stereocenters. The molecular weight excluding hydrogens is 431 g/mol. The van der Waals surface area contributed by atoms with E-state index in [2.05, 4.69) is 22.2 Å². The molecule has 4 aromatic rings. The van der Waals surface area contributed by atoms with E-state index in [9.17, 15) is 9.18 Å². The van der Waals surface area contributed by atoms with Gasteiger partial charge in [-0.1, -0.05) is 30.7 Å². The summed E-state index contributed by atoms with van der Waals surface area (Å²) < 4.78 is 19.2. The molecule has 0 radical (unpaired) electrons. The van der Waals surface area contributed by atoms with Crippen molar-refractivity contribution in [3.8, 4) is 11.3 Å². The molecule has 2 atom stereocenters. The Morgan fingerprint density at radius 1 is 1.21 bits per heavy atom. The van der Waals surface area contributed by atoms with Crippen molar-refractivity contribution in [2.75, 3.05) is 18.4 Å². The third-order valence-corrected chi connectivity index (χ3v) is 6.54. The Morgan fingerprint density at radius 2 is 2.09 bits per heavy atom. The van der Waals surface area contributed by atoms with Crippen LogP contribution in [0.15, 0.2) is 65.2 Å².